The quantitative estimate of drug-likeness (QED) is 0.606. The minimum Gasteiger partial charge on any atom is -0.381 e. The van der Waals surface area contributed by atoms with Crippen LogP contribution in [0.25, 0.3) is 0 Å². The monoisotopic (exact) mass is 212 g/mol. The van der Waals surface area contributed by atoms with E-state index in [1.54, 1.807) is 6.92 Å². The van der Waals surface area contributed by atoms with Crippen LogP contribution in [-0.2, 0) is 9.53 Å². The van der Waals surface area contributed by atoms with Gasteiger partial charge in [0, 0.05) is 25.9 Å². The van der Waals surface area contributed by atoms with Crippen molar-refractivity contribution in [1.82, 2.24) is 0 Å². The van der Waals surface area contributed by atoms with Crippen molar-refractivity contribution in [3.8, 4) is 0 Å². The van der Waals surface area contributed by atoms with Crippen molar-refractivity contribution in [1.29, 1.82) is 0 Å². The molecule has 2 nitrogen and oxygen atoms in total. The highest BCUT2D eigenvalue weighted by molar-refractivity contribution is 5.78. The Kier molecular flexibility index (Phi) is 6.53. The van der Waals surface area contributed by atoms with E-state index in [4.69, 9.17) is 4.74 Å². The van der Waals surface area contributed by atoms with Crippen LogP contribution < -0.4 is 0 Å². The summed E-state index contributed by atoms with van der Waals surface area (Å²) in [5.41, 5.74) is 0. The Morgan fingerprint density at radius 2 is 1.93 bits per heavy atom. The third kappa shape index (κ3) is 9.51. The van der Waals surface area contributed by atoms with Crippen molar-refractivity contribution in [2.24, 2.45) is 0 Å². The fraction of sp³-hybridized carbons (Fsp3) is 0.889. The molecule has 0 aliphatic rings. The molecule has 0 aromatic rings. The fourth-order valence-electron chi connectivity index (χ4n) is 0.941. The van der Waals surface area contributed by atoms with Crippen LogP contribution in [0.3, 0.4) is 0 Å². The van der Waals surface area contributed by atoms with Gasteiger partial charge in [0.2, 0.25) is 0 Å². The van der Waals surface area contributed by atoms with Gasteiger partial charge in [0.15, 0.2) is 0 Å². The summed E-state index contributed by atoms with van der Waals surface area (Å²) in [6.45, 7) is 2.63. The first kappa shape index (κ1) is 13.4. The smallest absolute Gasteiger partial charge is 0.381 e. The third-order valence-corrected chi connectivity index (χ3v) is 1.65. The molecule has 0 atom stereocenters. The SMILES string of the molecule is CCOCCC(=O)CCCC(F)(F)F. The maximum Gasteiger partial charge on any atom is 0.389 e. The second kappa shape index (κ2) is 6.81. The zero-order chi connectivity index (χ0) is 11.0. The molecule has 0 spiro atoms. The van der Waals surface area contributed by atoms with Crippen molar-refractivity contribution < 1.29 is 22.7 Å². The maximum atomic E-state index is 11.7. The summed E-state index contributed by atoms with van der Waals surface area (Å²) in [6.07, 6.45) is -4.94. The first-order valence-corrected chi connectivity index (χ1v) is 4.62. The van der Waals surface area contributed by atoms with E-state index in [1.165, 1.54) is 0 Å². The number of carbonyl (C=O) groups is 1. The topological polar surface area (TPSA) is 26.3 Å². The molecule has 0 unspecified atom stereocenters. The molecule has 0 aliphatic carbocycles. The summed E-state index contributed by atoms with van der Waals surface area (Å²) < 4.78 is 39.9. The number of halogens is 3. The van der Waals surface area contributed by atoms with Crippen LogP contribution in [0, 0.1) is 0 Å². The standard InChI is InChI=1S/C9H15F3O2/c1-2-14-7-5-8(13)4-3-6-9(10,11)12/h2-7H2,1H3. The summed E-state index contributed by atoms with van der Waals surface area (Å²) >= 11 is 0. The number of hydrogen-bond acceptors (Lipinski definition) is 2. The third-order valence-electron chi connectivity index (χ3n) is 1.65. The Hall–Kier alpha value is -0.580. The van der Waals surface area contributed by atoms with E-state index >= 15 is 0 Å². The normalized spacial score (nSPS) is 11.7. The van der Waals surface area contributed by atoms with Crippen LogP contribution >= 0.6 is 0 Å². The number of alkyl halides is 3. The molecule has 0 fully saturated rings. The summed E-state index contributed by atoms with van der Waals surface area (Å²) in [6, 6.07) is 0. The number of ketones is 1. The van der Waals surface area contributed by atoms with Gasteiger partial charge in [-0.05, 0) is 13.3 Å². The molecule has 0 rings (SSSR count). The Bertz CT molecular complexity index is 166. The lowest BCUT2D eigenvalue weighted by Gasteiger charge is -2.05. The first-order chi connectivity index (χ1) is 6.45. The predicted octanol–water partition coefficient (Wildman–Crippen LogP) is 2.71. The Labute approximate surface area is 81.4 Å². The number of rotatable bonds is 7. The van der Waals surface area contributed by atoms with Crippen molar-refractivity contribution >= 4 is 5.78 Å². The molecular weight excluding hydrogens is 197 g/mol. The first-order valence-electron chi connectivity index (χ1n) is 4.62. The Morgan fingerprint density at radius 1 is 1.29 bits per heavy atom. The van der Waals surface area contributed by atoms with E-state index in [0.717, 1.165) is 0 Å². The van der Waals surface area contributed by atoms with Crippen LogP contribution in [0.4, 0.5) is 13.2 Å². The average molecular weight is 212 g/mol. The summed E-state index contributed by atoms with van der Waals surface area (Å²) in [5.74, 6) is -0.164. The van der Waals surface area contributed by atoms with Gasteiger partial charge in [-0.15, -0.1) is 0 Å². The molecule has 0 aromatic carbocycles. The molecule has 0 bridgehead atoms. The van der Waals surface area contributed by atoms with Crippen molar-refractivity contribution in [3.05, 3.63) is 0 Å². The van der Waals surface area contributed by atoms with Crippen molar-refractivity contribution in [3.63, 3.8) is 0 Å². The zero-order valence-electron chi connectivity index (χ0n) is 8.19. The predicted molar refractivity (Wildman–Crippen MR) is 46.0 cm³/mol. The second-order valence-electron chi connectivity index (χ2n) is 2.95. The van der Waals surface area contributed by atoms with E-state index in [9.17, 15) is 18.0 Å². The molecular formula is C9H15F3O2. The summed E-state index contributed by atoms with van der Waals surface area (Å²) in [4.78, 5) is 11.0. The van der Waals surface area contributed by atoms with Crippen LogP contribution in [0.2, 0.25) is 0 Å². The molecule has 5 heteroatoms. The fourth-order valence-corrected chi connectivity index (χ4v) is 0.941. The van der Waals surface area contributed by atoms with Crippen LogP contribution in [0.5, 0.6) is 0 Å². The summed E-state index contributed by atoms with van der Waals surface area (Å²) in [5, 5.41) is 0. The summed E-state index contributed by atoms with van der Waals surface area (Å²) in [7, 11) is 0. The molecule has 0 radical (unpaired) electrons. The van der Waals surface area contributed by atoms with Crippen LogP contribution in [0.1, 0.15) is 32.6 Å². The van der Waals surface area contributed by atoms with Crippen LogP contribution in [-0.4, -0.2) is 25.2 Å². The Balaban J connectivity index is 3.36. The molecule has 0 aliphatic heterocycles. The van der Waals surface area contributed by atoms with E-state index in [0.29, 0.717) is 13.2 Å². The van der Waals surface area contributed by atoms with Crippen molar-refractivity contribution in [2.75, 3.05) is 13.2 Å². The number of carbonyl (C=O) groups excluding carboxylic acids is 1. The lowest BCUT2D eigenvalue weighted by Crippen LogP contribution is -2.09. The molecule has 0 N–H and O–H groups in total. The Morgan fingerprint density at radius 3 is 2.43 bits per heavy atom. The maximum absolute atomic E-state index is 11.7. The largest absolute Gasteiger partial charge is 0.389 e. The highest BCUT2D eigenvalue weighted by Gasteiger charge is 2.26. The molecule has 0 aromatic heterocycles. The molecule has 0 amide bonds. The van der Waals surface area contributed by atoms with Gasteiger partial charge in [0.25, 0.3) is 0 Å². The number of Topliss-reactive ketones (excluding diaryl/α,β-unsaturated/α-hetero) is 1. The zero-order valence-corrected chi connectivity index (χ0v) is 8.19. The van der Waals surface area contributed by atoms with Gasteiger partial charge in [-0.3, -0.25) is 4.79 Å². The van der Waals surface area contributed by atoms with Crippen LogP contribution in [0.15, 0.2) is 0 Å². The highest BCUT2D eigenvalue weighted by atomic mass is 19.4. The van der Waals surface area contributed by atoms with Gasteiger partial charge in [-0.25, -0.2) is 0 Å². The van der Waals surface area contributed by atoms with E-state index in [1.807, 2.05) is 0 Å². The molecule has 0 saturated heterocycles. The van der Waals surface area contributed by atoms with E-state index in [-0.39, 0.29) is 25.0 Å². The molecule has 84 valence electrons. The van der Waals surface area contributed by atoms with E-state index in [2.05, 4.69) is 0 Å². The molecule has 0 heterocycles. The van der Waals surface area contributed by atoms with E-state index < -0.39 is 12.6 Å². The van der Waals surface area contributed by atoms with Gasteiger partial charge in [0.1, 0.15) is 5.78 Å². The number of hydrogen-bond donors (Lipinski definition) is 0. The van der Waals surface area contributed by atoms with Gasteiger partial charge in [-0.1, -0.05) is 0 Å². The minimum atomic E-state index is -4.15. The van der Waals surface area contributed by atoms with Gasteiger partial charge in [-0.2, -0.15) is 13.2 Å². The molecule has 14 heavy (non-hydrogen) atoms. The minimum absolute atomic E-state index is 0.00736. The lowest BCUT2D eigenvalue weighted by atomic mass is 10.1. The van der Waals surface area contributed by atoms with Gasteiger partial charge in [0.05, 0.1) is 6.61 Å². The molecule has 0 saturated carbocycles. The van der Waals surface area contributed by atoms with Gasteiger partial charge < -0.3 is 4.74 Å². The lowest BCUT2D eigenvalue weighted by molar-refractivity contribution is -0.137. The second-order valence-corrected chi connectivity index (χ2v) is 2.95. The number of ether oxygens (including phenoxy) is 1. The van der Waals surface area contributed by atoms with Gasteiger partial charge >= 0.3 is 6.18 Å². The average Bonchev–Trinajstić information content (AvgIpc) is 2.02. The highest BCUT2D eigenvalue weighted by Crippen LogP contribution is 2.22. The van der Waals surface area contributed by atoms with Crippen molar-refractivity contribution in [2.45, 2.75) is 38.8 Å².